The molecule has 1 saturated carbocycles. The number of fused-ring (bicyclic) bond motifs is 1. The summed E-state index contributed by atoms with van der Waals surface area (Å²) < 4.78 is 66.9. The monoisotopic (exact) mass is 347 g/mol. The third-order valence-corrected chi connectivity index (χ3v) is 6.95. The van der Waals surface area contributed by atoms with Crippen LogP contribution >= 0.6 is 0 Å². The van der Waals surface area contributed by atoms with E-state index in [1.165, 1.54) is 12.1 Å². The molecule has 7 heteroatoms. The molecule has 128 valence electrons. The molecule has 1 saturated heterocycles. The zero-order chi connectivity index (χ0) is 16.8. The van der Waals surface area contributed by atoms with Crippen LogP contribution in [-0.4, -0.2) is 31.0 Å². The number of hydrogen-bond acceptors (Lipinski definition) is 2. The first kappa shape index (κ1) is 16.8. The number of rotatable bonds is 2. The molecule has 0 N–H and O–H groups in total. The Bertz CT molecular complexity index is 670. The number of nitrogens with zero attached hydrogens (tertiary/aromatic N) is 1. The van der Waals surface area contributed by atoms with E-state index in [4.69, 9.17) is 0 Å². The van der Waals surface area contributed by atoms with Gasteiger partial charge in [0.1, 0.15) is 6.04 Å². The lowest BCUT2D eigenvalue weighted by atomic mass is 9.85. The van der Waals surface area contributed by atoms with Crippen LogP contribution < -0.4 is 0 Å². The Morgan fingerprint density at radius 2 is 1.70 bits per heavy atom. The van der Waals surface area contributed by atoms with Gasteiger partial charge in [0.25, 0.3) is 0 Å². The van der Waals surface area contributed by atoms with Gasteiger partial charge in [-0.25, -0.2) is 8.42 Å². The average molecular weight is 347 g/mol. The Morgan fingerprint density at radius 1 is 1.09 bits per heavy atom. The van der Waals surface area contributed by atoms with Crippen LogP contribution in [0.3, 0.4) is 0 Å². The summed E-state index contributed by atoms with van der Waals surface area (Å²) in [6, 6.07) is 3.60. The predicted molar refractivity (Wildman–Crippen MR) is 80.4 cm³/mol. The summed E-state index contributed by atoms with van der Waals surface area (Å²) in [6.07, 6.45) is -1.79. The number of halogens is 3. The van der Waals surface area contributed by atoms with Crippen LogP contribution in [0.2, 0.25) is 0 Å². The summed E-state index contributed by atoms with van der Waals surface area (Å²) in [4.78, 5) is -0.0522. The molecule has 1 aliphatic heterocycles. The van der Waals surface area contributed by atoms with E-state index in [2.05, 4.69) is 0 Å². The van der Waals surface area contributed by atoms with E-state index in [0.29, 0.717) is 12.8 Å². The average Bonchev–Trinajstić information content (AvgIpc) is 2.88. The standard InChI is InChI=1S/C16H20F3NO2S/c1-11-6-8-13(9-7-11)23(21,22)20-14-5-3-2-4-12(14)10-15(20)16(17,18)19/h6-9,12,14-15H,2-5,10H2,1H3/t12-,14-,15+/m0/s1. The zero-order valence-electron chi connectivity index (χ0n) is 12.9. The molecule has 1 aliphatic carbocycles. The molecule has 0 bridgehead atoms. The minimum Gasteiger partial charge on any atom is -0.207 e. The molecule has 2 fully saturated rings. The summed E-state index contributed by atoms with van der Waals surface area (Å²) in [5, 5.41) is 0. The molecule has 1 aromatic rings. The van der Waals surface area contributed by atoms with E-state index in [0.717, 1.165) is 22.7 Å². The van der Waals surface area contributed by atoms with E-state index in [1.54, 1.807) is 12.1 Å². The van der Waals surface area contributed by atoms with Crippen molar-refractivity contribution in [2.24, 2.45) is 5.92 Å². The Balaban J connectivity index is 2.03. The summed E-state index contributed by atoms with van der Waals surface area (Å²) in [6.45, 7) is 1.81. The summed E-state index contributed by atoms with van der Waals surface area (Å²) in [5.41, 5.74) is 0.869. The van der Waals surface area contributed by atoms with Gasteiger partial charge in [0, 0.05) is 6.04 Å². The first-order valence-electron chi connectivity index (χ1n) is 7.88. The second-order valence-corrected chi connectivity index (χ2v) is 8.40. The van der Waals surface area contributed by atoms with Crippen LogP contribution in [0.15, 0.2) is 29.2 Å². The number of aryl methyl sites for hydroxylation is 1. The normalized spacial score (nSPS) is 29.5. The summed E-state index contributed by atoms with van der Waals surface area (Å²) in [7, 11) is -4.14. The van der Waals surface area contributed by atoms with Gasteiger partial charge < -0.3 is 0 Å². The maximum atomic E-state index is 13.5. The topological polar surface area (TPSA) is 37.4 Å². The Morgan fingerprint density at radius 3 is 2.30 bits per heavy atom. The van der Waals surface area contributed by atoms with Crippen molar-refractivity contribution in [2.75, 3.05) is 0 Å². The fraction of sp³-hybridized carbons (Fsp3) is 0.625. The van der Waals surface area contributed by atoms with Crippen LogP contribution in [-0.2, 0) is 10.0 Å². The maximum Gasteiger partial charge on any atom is 0.405 e. The maximum absolute atomic E-state index is 13.5. The quantitative estimate of drug-likeness (QED) is 0.814. The molecule has 0 amide bonds. The molecule has 3 rings (SSSR count). The van der Waals surface area contributed by atoms with E-state index in [1.807, 2.05) is 6.92 Å². The van der Waals surface area contributed by atoms with E-state index in [9.17, 15) is 21.6 Å². The molecule has 0 unspecified atom stereocenters. The predicted octanol–water partition coefficient (Wildman–Crippen LogP) is 3.88. The lowest BCUT2D eigenvalue weighted by molar-refractivity contribution is -0.167. The number of sulfonamides is 1. The molecule has 1 heterocycles. The van der Waals surface area contributed by atoms with Crippen LogP contribution in [0.4, 0.5) is 13.2 Å². The van der Waals surface area contributed by atoms with Crippen molar-refractivity contribution in [3.8, 4) is 0 Å². The SMILES string of the molecule is Cc1ccc(S(=O)(=O)N2[C@H]3CCCC[C@H]3C[C@@H]2C(F)(F)F)cc1. The number of benzene rings is 1. The molecule has 3 atom stereocenters. The van der Waals surface area contributed by atoms with Crippen molar-refractivity contribution < 1.29 is 21.6 Å². The highest BCUT2D eigenvalue weighted by atomic mass is 32.2. The zero-order valence-corrected chi connectivity index (χ0v) is 13.7. The Kier molecular flexibility index (Phi) is 4.21. The van der Waals surface area contributed by atoms with Gasteiger partial charge in [0.15, 0.2) is 0 Å². The molecule has 0 spiro atoms. The van der Waals surface area contributed by atoms with Crippen molar-refractivity contribution in [2.45, 2.75) is 62.2 Å². The molecular formula is C16H20F3NO2S. The molecule has 0 aromatic heterocycles. The molecule has 0 radical (unpaired) electrons. The highest BCUT2D eigenvalue weighted by Gasteiger charge is 2.57. The minimum absolute atomic E-state index is 0.0522. The lowest BCUT2D eigenvalue weighted by Gasteiger charge is -2.33. The highest BCUT2D eigenvalue weighted by molar-refractivity contribution is 7.89. The van der Waals surface area contributed by atoms with Crippen LogP contribution in [0.5, 0.6) is 0 Å². The van der Waals surface area contributed by atoms with Gasteiger partial charge in [-0.3, -0.25) is 0 Å². The Hall–Kier alpha value is -1.08. The van der Waals surface area contributed by atoms with Gasteiger partial charge in [0.2, 0.25) is 10.0 Å². The second kappa shape index (κ2) is 5.77. The van der Waals surface area contributed by atoms with Gasteiger partial charge in [-0.15, -0.1) is 0 Å². The van der Waals surface area contributed by atoms with Crippen molar-refractivity contribution >= 4 is 10.0 Å². The van der Waals surface area contributed by atoms with Gasteiger partial charge in [-0.05, 0) is 44.2 Å². The Labute approximate surface area is 134 Å². The van der Waals surface area contributed by atoms with Gasteiger partial charge in [-0.2, -0.15) is 17.5 Å². The first-order valence-corrected chi connectivity index (χ1v) is 9.32. The fourth-order valence-electron chi connectivity index (χ4n) is 3.88. The first-order chi connectivity index (χ1) is 10.7. The second-order valence-electron chi connectivity index (χ2n) is 6.55. The molecule has 3 nitrogen and oxygen atoms in total. The lowest BCUT2D eigenvalue weighted by Crippen LogP contribution is -2.48. The molecule has 23 heavy (non-hydrogen) atoms. The van der Waals surface area contributed by atoms with Gasteiger partial charge in [0.05, 0.1) is 4.90 Å². The largest absolute Gasteiger partial charge is 0.405 e. The van der Waals surface area contributed by atoms with Gasteiger partial charge in [-0.1, -0.05) is 30.5 Å². The van der Waals surface area contributed by atoms with E-state index < -0.39 is 28.3 Å². The number of hydrogen-bond donors (Lipinski definition) is 0. The molecule has 1 aromatic carbocycles. The van der Waals surface area contributed by atoms with E-state index in [-0.39, 0.29) is 17.2 Å². The van der Waals surface area contributed by atoms with Crippen LogP contribution in [0.25, 0.3) is 0 Å². The van der Waals surface area contributed by atoms with Crippen LogP contribution in [0.1, 0.15) is 37.7 Å². The smallest absolute Gasteiger partial charge is 0.207 e. The minimum atomic E-state index is -4.53. The number of alkyl halides is 3. The van der Waals surface area contributed by atoms with Crippen molar-refractivity contribution in [3.05, 3.63) is 29.8 Å². The van der Waals surface area contributed by atoms with Crippen molar-refractivity contribution in [1.82, 2.24) is 4.31 Å². The van der Waals surface area contributed by atoms with Crippen molar-refractivity contribution in [1.29, 1.82) is 0 Å². The fourth-order valence-corrected chi connectivity index (χ4v) is 5.77. The molecular weight excluding hydrogens is 327 g/mol. The summed E-state index contributed by atoms with van der Waals surface area (Å²) >= 11 is 0. The van der Waals surface area contributed by atoms with Gasteiger partial charge >= 0.3 is 6.18 Å². The van der Waals surface area contributed by atoms with Crippen molar-refractivity contribution in [3.63, 3.8) is 0 Å². The summed E-state index contributed by atoms with van der Waals surface area (Å²) in [5.74, 6) is -0.185. The molecule has 2 aliphatic rings. The van der Waals surface area contributed by atoms with E-state index >= 15 is 0 Å². The van der Waals surface area contributed by atoms with Crippen LogP contribution in [0, 0.1) is 12.8 Å². The highest BCUT2D eigenvalue weighted by Crippen LogP contribution is 2.47. The third-order valence-electron chi connectivity index (χ3n) is 5.00. The third kappa shape index (κ3) is 3.01.